The maximum Gasteiger partial charge on any atom is 0.328 e. The molecule has 38 heavy (non-hydrogen) atoms. The van der Waals surface area contributed by atoms with Gasteiger partial charge in [0.2, 0.25) is 0 Å². The van der Waals surface area contributed by atoms with Crippen molar-refractivity contribution in [3.8, 4) is 5.75 Å². The SMILES string of the molecule is COc1ccccc1C1C2=C(N=c3s/c(=C\c4ccc(/C=C/C(=O)O)cc4)c(=O)n31)c1ccccc1CC2. The molecule has 0 spiro atoms. The lowest BCUT2D eigenvalue weighted by molar-refractivity contribution is -0.131. The number of aromatic nitrogens is 1. The lowest BCUT2D eigenvalue weighted by Crippen LogP contribution is -2.38. The van der Waals surface area contributed by atoms with Gasteiger partial charge in [-0.2, -0.15) is 0 Å². The van der Waals surface area contributed by atoms with Crippen LogP contribution in [0.25, 0.3) is 17.8 Å². The Bertz CT molecular complexity index is 1810. The molecule has 0 radical (unpaired) electrons. The molecule has 6 nitrogen and oxygen atoms in total. The van der Waals surface area contributed by atoms with E-state index in [0.29, 0.717) is 9.33 Å². The molecule has 1 atom stereocenters. The molecule has 1 unspecified atom stereocenters. The van der Waals surface area contributed by atoms with Gasteiger partial charge in [-0.05, 0) is 53.3 Å². The number of aryl methyl sites for hydroxylation is 1. The lowest BCUT2D eigenvalue weighted by atomic mass is 9.83. The Hall–Kier alpha value is -4.49. The van der Waals surface area contributed by atoms with Crippen molar-refractivity contribution in [3.05, 3.63) is 132 Å². The smallest absolute Gasteiger partial charge is 0.328 e. The van der Waals surface area contributed by atoms with Gasteiger partial charge in [-0.3, -0.25) is 9.36 Å². The molecule has 1 aromatic heterocycles. The van der Waals surface area contributed by atoms with Crippen molar-refractivity contribution < 1.29 is 14.6 Å². The Morgan fingerprint density at radius 1 is 1.03 bits per heavy atom. The number of nitrogens with zero attached hydrogens (tertiary/aromatic N) is 2. The summed E-state index contributed by atoms with van der Waals surface area (Å²) in [5.74, 6) is -0.255. The summed E-state index contributed by atoms with van der Waals surface area (Å²) in [6, 6.07) is 23.3. The highest BCUT2D eigenvalue weighted by Crippen LogP contribution is 2.43. The Morgan fingerprint density at radius 2 is 1.76 bits per heavy atom. The molecule has 0 saturated heterocycles. The van der Waals surface area contributed by atoms with Gasteiger partial charge in [0, 0.05) is 17.2 Å². The lowest BCUT2D eigenvalue weighted by Gasteiger charge is -2.31. The van der Waals surface area contributed by atoms with Crippen LogP contribution in [0.15, 0.2) is 94.2 Å². The van der Waals surface area contributed by atoms with Crippen LogP contribution < -0.4 is 19.6 Å². The standard InChI is InChI=1S/C31H24N2O4S/c1-37-25-9-5-4-8-23(25)29-24-16-15-21-6-2-3-7-22(21)28(24)32-31-33(29)30(36)26(38-31)18-20-12-10-19(11-13-20)14-17-27(34)35/h2-14,17-18,29H,15-16H2,1H3,(H,34,35)/b17-14+,26-18-. The molecular formula is C31H24N2O4S. The third kappa shape index (κ3) is 4.21. The van der Waals surface area contributed by atoms with Crippen LogP contribution in [-0.4, -0.2) is 22.8 Å². The normalized spacial score (nSPS) is 16.6. The van der Waals surface area contributed by atoms with Gasteiger partial charge < -0.3 is 9.84 Å². The van der Waals surface area contributed by atoms with Gasteiger partial charge in [-0.25, -0.2) is 9.79 Å². The van der Waals surface area contributed by atoms with Crippen molar-refractivity contribution in [1.29, 1.82) is 0 Å². The zero-order valence-corrected chi connectivity index (χ0v) is 21.4. The molecule has 0 fully saturated rings. The molecule has 1 aliphatic carbocycles. The van der Waals surface area contributed by atoms with E-state index >= 15 is 0 Å². The number of benzene rings is 3. The van der Waals surface area contributed by atoms with Crippen LogP contribution in [0.2, 0.25) is 0 Å². The second-order valence-corrected chi connectivity index (χ2v) is 10.2. The number of allylic oxidation sites excluding steroid dienone is 1. The van der Waals surface area contributed by atoms with Crippen molar-refractivity contribution >= 4 is 35.2 Å². The van der Waals surface area contributed by atoms with Crippen LogP contribution in [0.5, 0.6) is 5.75 Å². The van der Waals surface area contributed by atoms with E-state index < -0.39 is 5.97 Å². The summed E-state index contributed by atoms with van der Waals surface area (Å²) in [6.45, 7) is 0. The largest absolute Gasteiger partial charge is 0.496 e. The summed E-state index contributed by atoms with van der Waals surface area (Å²) in [5, 5.41) is 8.85. The van der Waals surface area contributed by atoms with Gasteiger partial charge in [0.1, 0.15) is 5.75 Å². The van der Waals surface area contributed by atoms with Crippen LogP contribution in [0, 0.1) is 0 Å². The highest BCUT2D eigenvalue weighted by molar-refractivity contribution is 7.07. The monoisotopic (exact) mass is 520 g/mol. The van der Waals surface area contributed by atoms with Crippen molar-refractivity contribution in [1.82, 2.24) is 4.57 Å². The molecule has 1 aliphatic heterocycles. The number of carboxylic acids is 1. The maximum absolute atomic E-state index is 13.9. The fourth-order valence-electron chi connectivity index (χ4n) is 5.21. The van der Waals surface area contributed by atoms with Gasteiger partial charge in [0.15, 0.2) is 4.80 Å². The van der Waals surface area contributed by atoms with E-state index in [4.69, 9.17) is 14.8 Å². The number of carbonyl (C=O) groups is 1. The molecule has 2 aliphatic rings. The van der Waals surface area contributed by atoms with E-state index in [-0.39, 0.29) is 11.6 Å². The molecule has 6 rings (SSSR count). The fraction of sp³-hybridized carbons (Fsp3) is 0.129. The van der Waals surface area contributed by atoms with Crippen LogP contribution in [0.4, 0.5) is 0 Å². The molecule has 0 saturated carbocycles. The van der Waals surface area contributed by atoms with Gasteiger partial charge in [-0.15, -0.1) is 0 Å². The number of aliphatic carboxylic acids is 1. The first kappa shape index (κ1) is 23.9. The average molecular weight is 521 g/mol. The summed E-state index contributed by atoms with van der Waals surface area (Å²) >= 11 is 1.38. The van der Waals surface area contributed by atoms with Crippen LogP contribution in [0.3, 0.4) is 0 Å². The van der Waals surface area contributed by atoms with E-state index in [1.807, 2.05) is 65.2 Å². The third-order valence-electron chi connectivity index (χ3n) is 6.96. The number of methoxy groups -OCH3 is 1. The number of thiazole rings is 1. The number of fused-ring (bicyclic) bond motifs is 3. The minimum absolute atomic E-state index is 0.0927. The quantitative estimate of drug-likeness (QED) is 0.395. The molecule has 1 N–H and O–H groups in total. The highest BCUT2D eigenvalue weighted by atomic mass is 32.1. The molecule has 0 bridgehead atoms. The van der Waals surface area contributed by atoms with E-state index in [2.05, 4.69) is 18.2 Å². The van der Waals surface area contributed by atoms with Crippen LogP contribution >= 0.6 is 11.3 Å². The Balaban J connectivity index is 1.54. The Labute approximate surface area is 222 Å². The number of hydrogen-bond acceptors (Lipinski definition) is 5. The topological polar surface area (TPSA) is 80.9 Å². The third-order valence-corrected chi connectivity index (χ3v) is 7.94. The van der Waals surface area contributed by atoms with Gasteiger partial charge in [0.25, 0.3) is 5.56 Å². The average Bonchev–Trinajstić information content (AvgIpc) is 3.25. The van der Waals surface area contributed by atoms with Crippen LogP contribution in [0.1, 0.15) is 40.3 Å². The maximum atomic E-state index is 13.9. The number of hydrogen-bond donors (Lipinski definition) is 1. The molecule has 4 aromatic rings. The zero-order valence-electron chi connectivity index (χ0n) is 20.6. The van der Waals surface area contributed by atoms with Gasteiger partial charge in [0.05, 0.1) is 23.4 Å². The second-order valence-electron chi connectivity index (χ2n) is 9.19. The Kier molecular flexibility index (Phi) is 6.13. The van der Waals surface area contributed by atoms with E-state index in [9.17, 15) is 9.59 Å². The molecule has 3 aromatic carbocycles. The van der Waals surface area contributed by atoms with Crippen molar-refractivity contribution in [3.63, 3.8) is 0 Å². The van der Waals surface area contributed by atoms with Crippen molar-refractivity contribution in [2.24, 2.45) is 4.99 Å². The molecule has 0 amide bonds. The molecular weight excluding hydrogens is 496 g/mol. The first-order chi connectivity index (χ1) is 18.5. The second kappa shape index (κ2) is 9.76. The predicted octanol–water partition coefficient (Wildman–Crippen LogP) is 4.43. The highest BCUT2D eigenvalue weighted by Gasteiger charge is 2.33. The number of rotatable bonds is 5. The molecule has 2 heterocycles. The minimum atomic E-state index is -0.995. The first-order valence-corrected chi connectivity index (χ1v) is 13.1. The van der Waals surface area contributed by atoms with Crippen molar-refractivity contribution in [2.75, 3.05) is 7.11 Å². The molecule has 188 valence electrons. The summed E-state index contributed by atoms with van der Waals surface area (Å²) in [6.07, 6.45) is 6.21. The van der Waals surface area contributed by atoms with Crippen LogP contribution in [-0.2, 0) is 11.2 Å². The van der Waals surface area contributed by atoms with E-state index in [1.165, 1.54) is 23.0 Å². The number of ether oxygens (including phenoxy) is 1. The van der Waals surface area contributed by atoms with Gasteiger partial charge >= 0.3 is 5.97 Å². The first-order valence-electron chi connectivity index (χ1n) is 12.3. The van der Waals surface area contributed by atoms with E-state index in [1.54, 1.807) is 7.11 Å². The fourth-order valence-corrected chi connectivity index (χ4v) is 6.21. The predicted molar refractivity (Wildman–Crippen MR) is 149 cm³/mol. The number of para-hydroxylation sites is 1. The summed E-state index contributed by atoms with van der Waals surface area (Å²) in [5.41, 5.74) is 6.94. The molecule has 7 heteroatoms. The summed E-state index contributed by atoms with van der Waals surface area (Å²) in [4.78, 5) is 30.4. The van der Waals surface area contributed by atoms with Crippen molar-refractivity contribution in [2.45, 2.75) is 18.9 Å². The summed E-state index contributed by atoms with van der Waals surface area (Å²) in [7, 11) is 1.66. The van der Waals surface area contributed by atoms with Gasteiger partial charge in [-0.1, -0.05) is 78.1 Å². The number of carboxylic acid groups (broad SMARTS) is 1. The minimum Gasteiger partial charge on any atom is -0.496 e. The van der Waals surface area contributed by atoms with E-state index in [0.717, 1.165) is 58.2 Å². The zero-order chi connectivity index (χ0) is 26.2. The summed E-state index contributed by atoms with van der Waals surface area (Å²) < 4.78 is 8.13. The Morgan fingerprint density at radius 3 is 2.55 bits per heavy atom.